The third-order valence-corrected chi connectivity index (χ3v) is 3.69. The second-order valence-corrected chi connectivity index (χ2v) is 4.92. The van der Waals surface area contributed by atoms with E-state index in [1.54, 1.807) is 11.3 Å². The summed E-state index contributed by atoms with van der Waals surface area (Å²) in [6, 6.07) is 2.24. The van der Waals surface area contributed by atoms with Crippen molar-refractivity contribution in [3.05, 3.63) is 20.8 Å². The molecule has 0 radical (unpaired) electrons. The monoisotopic (exact) mass is 263 g/mol. The maximum absolute atomic E-state index is 5.49. The maximum Gasteiger partial charge on any atom is 0.0691 e. The molecule has 74 valence electrons. The number of hydrogen-bond acceptors (Lipinski definition) is 4. The highest BCUT2D eigenvalue weighted by Crippen LogP contribution is 2.28. The lowest BCUT2D eigenvalue weighted by atomic mass is 10.2. The molecule has 1 heterocycles. The van der Waals surface area contributed by atoms with Crippen LogP contribution in [0.2, 0.25) is 0 Å². The van der Waals surface area contributed by atoms with E-state index in [1.807, 2.05) is 20.2 Å². The van der Waals surface area contributed by atoms with E-state index in [-0.39, 0.29) is 6.04 Å². The number of halogens is 1. The molecule has 1 atom stereocenters. The summed E-state index contributed by atoms with van der Waals surface area (Å²) in [6.45, 7) is 0.898. The first kappa shape index (κ1) is 11.1. The molecule has 1 rings (SSSR count). The molecule has 0 fully saturated rings. The highest BCUT2D eigenvalue weighted by molar-refractivity contribution is 9.10. The van der Waals surface area contributed by atoms with E-state index < -0.39 is 0 Å². The van der Waals surface area contributed by atoms with Gasteiger partial charge in [-0.05, 0) is 41.5 Å². The van der Waals surface area contributed by atoms with Gasteiger partial charge in [-0.15, -0.1) is 11.3 Å². The van der Waals surface area contributed by atoms with Crippen molar-refractivity contribution in [3.8, 4) is 0 Å². The summed E-state index contributed by atoms with van der Waals surface area (Å²) in [7, 11) is 4.07. The molecule has 3 N–H and O–H groups in total. The van der Waals surface area contributed by atoms with Gasteiger partial charge in [0.1, 0.15) is 0 Å². The van der Waals surface area contributed by atoms with Crippen molar-refractivity contribution in [3.63, 3.8) is 0 Å². The first-order valence-electron chi connectivity index (χ1n) is 3.99. The van der Waals surface area contributed by atoms with Crippen molar-refractivity contribution >= 4 is 27.3 Å². The van der Waals surface area contributed by atoms with Crippen LogP contribution in [-0.4, -0.2) is 25.5 Å². The van der Waals surface area contributed by atoms with Gasteiger partial charge in [-0.1, -0.05) is 0 Å². The number of thiophene rings is 1. The van der Waals surface area contributed by atoms with Crippen LogP contribution < -0.4 is 11.3 Å². The maximum atomic E-state index is 5.49. The summed E-state index contributed by atoms with van der Waals surface area (Å²) in [5.41, 5.74) is 2.82. The Labute approximate surface area is 91.0 Å². The Hall–Kier alpha value is 0.0600. The molecule has 13 heavy (non-hydrogen) atoms. The molecule has 1 aromatic heterocycles. The van der Waals surface area contributed by atoms with Crippen LogP contribution >= 0.6 is 27.3 Å². The third-order valence-electron chi connectivity index (χ3n) is 1.71. The molecule has 5 heteroatoms. The van der Waals surface area contributed by atoms with Gasteiger partial charge >= 0.3 is 0 Å². The van der Waals surface area contributed by atoms with E-state index in [9.17, 15) is 0 Å². The van der Waals surface area contributed by atoms with Crippen molar-refractivity contribution in [2.45, 2.75) is 6.04 Å². The van der Waals surface area contributed by atoms with Crippen LogP contribution in [0.5, 0.6) is 0 Å². The van der Waals surface area contributed by atoms with Gasteiger partial charge < -0.3 is 4.90 Å². The quantitative estimate of drug-likeness (QED) is 0.640. The summed E-state index contributed by atoms with van der Waals surface area (Å²) in [4.78, 5) is 3.35. The third kappa shape index (κ3) is 3.03. The predicted octanol–water partition coefficient (Wildman–Crippen LogP) is 1.58. The van der Waals surface area contributed by atoms with Gasteiger partial charge in [0.15, 0.2) is 0 Å². The van der Waals surface area contributed by atoms with Gasteiger partial charge in [0.2, 0.25) is 0 Å². The van der Waals surface area contributed by atoms with E-state index in [4.69, 9.17) is 5.84 Å². The van der Waals surface area contributed by atoms with Gasteiger partial charge in [-0.25, -0.2) is 0 Å². The fraction of sp³-hybridized carbons (Fsp3) is 0.500. The first-order chi connectivity index (χ1) is 6.15. The number of hydrogen-bond donors (Lipinski definition) is 2. The summed E-state index contributed by atoms with van der Waals surface area (Å²) in [5, 5.41) is 2.05. The molecule has 0 aliphatic heterocycles. The van der Waals surface area contributed by atoms with Crippen LogP contribution in [-0.2, 0) is 0 Å². The number of nitrogens with zero attached hydrogens (tertiary/aromatic N) is 1. The Balaban J connectivity index is 2.72. The van der Waals surface area contributed by atoms with Crippen molar-refractivity contribution < 1.29 is 0 Å². The largest absolute Gasteiger partial charge is 0.307 e. The van der Waals surface area contributed by atoms with E-state index in [0.717, 1.165) is 11.0 Å². The summed E-state index contributed by atoms with van der Waals surface area (Å²) in [6.07, 6.45) is 0. The van der Waals surface area contributed by atoms with Crippen LogP contribution in [0.15, 0.2) is 15.9 Å². The van der Waals surface area contributed by atoms with E-state index in [0.29, 0.717) is 0 Å². The zero-order valence-electron chi connectivity index (χ0n) is 7.75. The second kappa shape index (κ2) is 5.07. The molecule has 0 aliphatic carbocycles. The Morgan fingerprint density at radius 1 is 1.69 bits per heavy atom. The highest BCUT2D eigenvalue weighted by Gasteiger charge is 2.14. The van der Waals surface area contributed by atoms with E-state index in [2.05, 4.69) is 31.6 Å². The van der Waals surface area contributed by atoms with Gasteiger partial charge in [-0.3, -0.25) is 11.3 Å². The minimum Gasteiger partial charge on any atom is -0.307 e. The Bertz CT molecular complexity index is 262. The molecule has 0 aliphatic rings. The molecule has 0 amide bonds. The SMILES string of the molecule is CN(C)CC(NN)c1sccc1Br. The Kier molecular flexibility index (Phi) is 4.34. The van der Waals surface area contributed by atoms with Gasteiger partial charge in [0.25, 0.3) is 0 Å². The molecule has 0 aromatic carbocycles. The smallest absolute Gasteiger partial charge is 0.0691 e. The van der Waals surface area contributed by atoms with Crippen molar-refractivity contribution in [2.24, 2.45) is 5.84 Å². The number of nitrogens with two attached hydrogens (primary N) is 1. The van der Waals surface area contributed by atoms with Crippen LogP contribution in [0, 0.1) is 0 Å². The van der Waals surface area contributed by atoms with Crippen molar-refractivity contribution in [1.82, 2.24) is 10.3 Å². The van der Waals surface area contributed by atoms with E-state index >= 15 is 0 Å². The molecule has 0 bridgehead atoms. The fourth-order valence-electron chi connectivity index (χ4n) is 1.13. The first-order valence-corrected chi connectivity index (χ1v) is 5.66. The molecular weight excluding hydrogens is 250 g/mol. The number of hydrazine groups is 1. The van der Waals surface area contributed by atoms with Crippen LogP contribution in [0.3, 0.4) is 0 Å². The molecule has 3 nitrogen and oxygen atoms in total. The van der Waals surface area contributed by atoms with Crippen molar-refractivity contribution in [1.29, 1.82) is 0 Å². The number of likely N-dealkylation sites (N-methyl/N-ethyl adjacent to an activating group) is 1. The van der Waals surface area contributed by atoms with E-state index in [1.165, 1.54) is 4.88 Å². The summed E-state index contributed by atoms with van der Waals surface area (Å²) < 4.78 is 1.13. The van der Waals surface area contributed by atoms with Gasteiger partial charge in [-0.2, -0.15) is 0 Å². The second-order valence-electron chi connectivity index (χ2n) is 3.11. The van der Waals surface area contributed by atoms with Crippen LogP contribution in [0.4, 0.5) is 0 Å². The minimum absolute atomic E-state index is 0.198. The number of rotatable bonds is 4. The topological polar surface area (TPSA) is 41.3 Å². The van der Waals surface area contributed by atoms with Crippen LogP contribution in [0.1, 0.15) is 10.9 Å². The molecule has 0 saturated heterocycles. The van der Waals surface area contributed by atoms with Crippen molar-refractivity contribution in [2.75, 3.05) is 20.6 Å². The standard InChI is InChI=1S/C8H14BrN3S/c1-12(2)5-7(11-10)8-6(9)3-4-13-8/h3-4,7,11H,5,10H2,1-2H3. The summed E-state index contributed by atoms with van der Waals surface area (Å²) >= 11 is 5.20. The van der Waals surface area contributed by atoms with Gasteiger partial charge in [0, 0.05) is 15.9 Å². The van der Waals surface area contributed by atoms with Gasteiger partial charge in [0.05, 0.1) is 6.04 Å². The molecular formula is C8H14BrN3S. The zero-order valence-corrected chi connectivity index (χ0v) is 10.2. The molecule has 0 saturated carbocycles. The summed E-state index contributed by atoms with van der Waals surface area (Å²) in [5.74, 6) is 5.49. The Morgan fingerprint density at radius 2 is 2.38 bits per heavy atom. The lowest BCUT2D eigenvalue weighted by molar-refractivity contribution is 0.346. The molecule has 1 aromatic rings. The fourth-order valence-corrected chi connectivity index (χ4v) is 2.83. The average Bonchev–Trinajstić information content (AvgIpc) is 2.47. The zero-order chi connectivity index (χ0) is 9.84. The normalized spacial score (nSPS) is 13.6. The lowest BCUT2D eigenvalue weighted by Gasteiger charge is -2.19. The molecule has 1 unspecified atom stereocenters. The lowest BCUT2D eigenvalue weighted by Crippen LogP contribution is -2.35. The van der Waals surface area contributed by atoms with Crippen LogP contribution in [0.25, 0.3) is 0 Å². The number of nitrogens with one attached hydrogen (secondary N) is 1. The average molecular weight is 264 g/mol. The predicted molar refractivity (Wildman–Crippen MR) is 60.6 cm³/mol. The minimum atomic E-state index is 0.198. The highest BCUT2D eigenvalue weighted by atomic mass is 79.9. The Morgan fingerprint density at radius 3 is 2.77 bits per heavy atom. The molecule has 0 spiro atoms.